The van der Waals surface area contributed by atoms with Gasteiger partial charge in [0.05, 0.1) is 13.4 Å². The molecule has 4 heteroatoms. The second-order valence-electron chi connectivity index (χ2n) is 3.20. The van der Waals surface area contributed by atoms with E-state index >= 15 is 0 Å². The molecule has 0 atom stereocenters. The van der Waals surface area contributed by atoms with E-state index in [-0.39, 0.29) is 5.56 Å². The Labute approximate surface area is 92.1 Å². The summed E-state index contributed by atoms with van der Waals surface area (Å²) in [5, 5.41) is 8.93. The van der Waals surface area contributed by atoms with Crippen LogP contribution in [0.2, 0.25) is 0 Å². The third-order valence-corrected chi connectivity index (χ3v) is 2.25. The van der Waals surface area contributed by atoms with Gasteiger partial charge in [0.1, 0.15) is 17.1 Å². The fraction of sp³-hybridized carbons (Fsp3) is 0.0833. The van der Waals surface area contributed by atoms with Crippen molar-refractivity contribution in [3.63, 3.8) is 0 Å². The summed E-state index contributed by atoms with van der Waals surface area (Å²) in [5.74, 6) is 0.0712. The molecule has 0 saturated heterocycles. The van der Waals surface area contributed by atoms with Crippen molar-refractivity contribution >= 4 is 5.97 Å². The molecule has 16 heavy (non-hydrogen) atoms. The van der Waals surface area contributed by atoms with Crippen LogP contribution in [-0.2, 0) is 0 Å². The van der Waals surface area contributed by atoms with Crippen LogP contribution in [0.3, 0.4) is 0 Å². The van der Waals surface area contributed by atoms with Crippen molar-refractivity contribution in [3.8, 4) is 17.1 Å². The number of carbonyl (C=O) groups is 1. The number of benzene rings is 1. The molecule has 0 unspecified atom stereocenters. The van der Waals surface area contributed by atoms with Crippen LogP contribution in [-0.4, -0.2) is 18.2 Å². The minimum Gasteiger partial charge on any atom is -0.497 e. The lowest BCUT2D eigenvalue weighted by Gasteiger charge is -2.01. The molecule has 0 radical (unpaired) electrons. The highest BCUT2D eigenvalue weighted by atomic mass is 16.5. The zero-order chi connectivity index (χ0) is 11.5. The Morgan fingerprint density at radius 2 is 1.94 bits per heavy atom. The topological polar surface area (TPSA) is 59.7 Å². The van der Waals surface area contributed by atoms with E-state index in [4.69, 9.17) is 14.3 Å². The van der Waals surface area contributed by atoms with Crippen LogP contribution in [0.4, 0.5) is 0 Å². The summed E-state index contributed by atoms with van der Waals surface area (Å²) in [7, 11) is 1.57. The molecule has 2 rings (SSSR count). The van der Waals surface area contributed by atoms with E-state index < -0.39 is 5.97 Å². The van der Waals surface area contributed by atoms with E-state index in [1.807, 2.05) is 0 Å². The predicted octanol–water partition coefficient (Wildman–Crippen LogP) is 2.65. The summed E-state index contributed by atoms with van der Waals surface area (Å²) in [4.78, 5) is 10.9. The van der Waals surface area contributed by atoms with Crippen molar-refractivity contribution in [2.45, 2.75) is 0 Å². The van der Waals surface area contributed by atoms with Gasteiger partial charge in [-0.3, -0.25) is 0 Å². The summed E-state index contributed by atoms with van der Waals surface area (Å²) < 4.78 is 10.2. The second-order valence-corrected chi connectivity index (χ2v) is 3.20. The summed E-state index contributed by atoms with van der Waals surface area (Å²) in [6.45, 7) is 0. The van der Waals surface area contributed by atoms with E-state index in [9.17, 15) is 4.79 Å². The first kappa shape index (κ1) is 10.3. The quantitative estimate of drug-likeness (QED) is 0.860. The Bertz CT molecular complexity index is 496. The van der Waals surface area contributed by atoms with Gasteiger partial charge in [-0.1, -0.05) is 0 Å². The van der Waals surface area contributed by atoms with E-state index in [2.05, 4.69) is 0 Å². The average Bonchev–Trinajstić information content (AvgIpc) is 2.78. The summed E-state index contributed by atoms with van der Waals surface area (Å²) in [6, 6.07) is 8.45. The lowest BCUT2D eigenvalue weighted by molar-refractivity contribution is 0.0697. The highest BCUT2D eigenvalue weighted by molar-refractivity contribution is 5.94. The van der Waals surface area contributed by atoms with Crippen molar-refractivity contribution in [1.29, 1.82) is 0 Å². The number of rotatable bonds is 3. The first-order valence-corrected chi connectivity index (χ1v) is 4.67. The van der Waals surface area contributed by atoms with Gasteiger partial charge in [0.25, 0.3) is 0 Å². The lowest BCUT2D eigenvalue weighted by Crippen LogP contribution is -1.95. The number of carboxylic acids is 1. The minimum absolute atomic E-state index is 0.158. The third kappa shape index (κ3) is 1.77. The molecule has 0 aliphatic rings. The molecular formula is C12H10O4. The van der Waals surface area contributed by atoms with Crippen LogP contribution in [0.25, 0.3) is 11.3 Å². The molecule has 0 aliphatic heterocycles. The molecule has 1 heterocycles. The maximum Gasteiger partial charge on any atom is 0.339 e. The second kappa shape index (κ2) is 4.10. The Morgan fingerprint density at radius 3 is 2.50 bits per heavy atom. The van der Waals surface area contributed by atoms with Crippen molar-refractivity contribution in [1.82, 2.24) is 0 Å². The largest absolute Gasteiger partial charge is 0.497 e. The van der Waals surface area contributed by atoms with Gasteiger partial charge in [0.2, 0.25) is 0 Å². The van der Waals surface area contributed by atoms with Crippen LogP contribution < -0.4 is 4.74 Å². The van der Waals surface area contributed by atoms with Crippen molar-refractivity contribution < 1.29 is 19.1 Å². The van der Waals surface area contributed by atoms with Crippen LogP contribution in [0.15, 0.2) is 41.0 Å². The summed E-state index contributed by atoms with van der Waals surface area (Å²) in [5.41, 5.74) is 0.869. The molecule has 82 valence electrons. The standard InChI is InChI=1S/C12H10O4/c1-15-9-4-2-8(3-5-9)11-10(12(13)14)6-7-16-11/h2-7H,1H3,(H,13,14). The number of ether oxygens (including phenoxy) is 1. The normalized spacial score (nSPS) is 10.1. The Kier molecular flexibility index (Phi) is 2.64. The van der Waals surface area contributed by atoms with E-state index in [0.717, 1.165) is 0 Å². The molecule has 0 bridgehead atoms. The lowest BCUT2D eigenvalue weighted by atomic mass is 10.1. The third-order valence-electron chi connectivity index (χ3n) is 2.25. The van der Waals surface area contributed by atoms with Gasteiger partial charge in [-0.05, 0) is 30.3 Å². The molecule has 0 saturated carbocycles. The van der Waals surface area contributed by atoms with Crippen LogP contribution in [0.1, 0.15) is 10.4 Å². The number of hydrogen-bond donors (Lipinski definition) is 1. The van der Waals surface area contributed by atoms with Gasteiger partial charge >= 0.3 is 5.97 Å². The molecule has 2 aromatic rings. The first-order chi connectivity index (χ1) is 7.72. The fourth-order valence-corrected chi connectivity index (χ4v) is 1.44. The predicted molar refractivity (Wildman–Crippen MR) is 57.7 cm³/mol. The minimum atomic E-state index is -1.00. The van der Waals surface area contributed by atoms with Crippen molar-refractivity contribution in [2.24, 2.45) is 0 Å². The highest BCUT2D eigenvalue weighted by Gasteiger charge is 2.14. The maximum absolute atomic E-state index is 10.9. The summed E-state index contributed by atoms with van der Waals surface area (Å²) in [6.07, 6.45) is 1.36. The Balaban J connectivity index is 2.42. The van der Waals surface area contributed by atoms with E-state index in [0.29, 0.717) is 17.1 Å². The molecule has 0 aliphatic carbocycles. The zero-order valence-electron chi connectivity index (χ0n) is 8.64. The van der Waals surface area contributed by atoms with Gasteiger partial charge in [0.15, 0.2) is 0 Å². The van der Waals surface area contributed by atoms with Crippen molar-refractivity contribution in [3.05, 3.63) is 42.2 Å². The van der Waals surface area contributed by atoms with Crippen LogP contribution >= 0.6 is 0 Å². The molecule has 1 aromatic heterocycles. The molecule has 0 amide bonds. The van der Waals surface area contributed by atoms with E-state index in [1.165, 1.54) is 12.3 Å². The number of aromatic carboxylic acids is 1. The number of carboxylic acid groups (broad SMARTS) is 1. The molecule has 0 spiro atoms. The molecular weight excluding hydrogens is 208 g/mol. The monoisotopic (exact) mass is 218 g/mol. The van der Waals surface area contributed by atoms with Gasteiger partial charge < -0.3 is 14.3 Å². The fourth-order valence-electron chi connectivity index (χ4n) is 1.44. The van der Waals surface area contributed by atoms with Crippen LogP contribution in [0.5, 0.6) is 5.75 Å². The summed E-state index contributed by atoms with van der Waals surface area (Å²) >= 11 is 0. The van der Waals surface area contributed by atoms with Gasteiger partial charge in [-0.25, -0.2) is 4.79 Å². The van der Waals surface area contributed by atoms with Gasteiger partial charge in [-0.2, -0.15) is 0 Å². The van der Waals surface area contributed by atoms with Crippen LogP contribution in [0, 0.1) is 0 Å². The molecule has 1 N–H and O–H groups in total. The number of furan rings is 1. The number of methoxy groups -OCH3 is 1. The molecule has 0 fully saturated rings. The average molecular weight is 218 g/mol. The smallest absolute Gasteiger partial charge is 0.339 e. The van der Waals surface area contributed by atoms with Gasteiger partial charge in [-0.15, -0.1) is 0 Å². The first-order valence-electron chi connectivity index (χ1n) is 4.67. The Morgan fingerprint density at radius 1 is 1.25 bits per heavy atom. The SMILES string of the molecule is COc1ccc(-c2occc2C(=O)O)cc1. The highest BCUT2D eigenvalue weighted by Crippen LogP contribution is 2.26. The zero-order valence-corrected chi connectivity index (χ0v) is 8.64. The van der Waals surface area contributed by atoms with Gasteiger partial charge in [0, 0.05) is 5.56 Å². The maximum atomic E-state index is 10.9. The van der Waals surface area contributed by atoms with E-state index in [1.54, 1.807) is 31.4 Å². The number of hydrogen-bond acceptors (Lipinski definition) is 3. The molecule has 4 nitrogen and oxygen atoms in total. The van der Waals surface area contributed by atoms with Crippen molar-refractivity contribution in [2.75, 3.05) is 7.11 Å². The Hall–Kier alpha value is -2.23. The molecule has 1 aromatic carbocycles.